The summed E-state index contributed by atoms with van der Waals surface area (Å²) in [4.78, 5) is 28.1. The lowest BCUT2D eigenvalue weighted by molar-refractivity contribution is -0.121. The lowest BCUT2D eigenvalue weighted by atomic mass is 10.2. The molecule has 0 spiro atoms. The van der Waals surface area contributed by atoms with Crippen molar-refractivity contribution in [3.05, 3.63) is 59.9 Å². The highest BCUT2D eigenvalue weighted by atomic mass is 19.1. The second kappa shape index (κ2) is 9.35. The van der Waals surface area contributed by atoms with Crippen LogP contribution >= 0.6 is 0 Å². The third-order valence-electron chi connectivity index (χ3n) is 5.01. The maximum atomic E-state index is 13.6. The Labute approximate surface area is 165 Å². The van der Waals surface area contributed by atoms with Gasteiger partial charge < -0.3 is 15.1 Å². The van der Waals surface area contributed by atoms with Crippen LogP contribution in [-0.2, 0) is 16.1 Å². The number of benzene rings is 2. The van der Waals surface area contributed by atoms with E-state index in [1.54, 1.807) is 23.1 Å². The predicted molar refractivity (Wildman–Crippen MR) is 109 cm³/mol. The van der Waals surface area contributed by atoms with Crippen LogP contribution in [0.5, 0.6) is 0 Å². The molecule has 0 unspecified atom stereocenters. The molecule has 2 aromatic carbocycles. The Morgan fingerprint density at radius 1 is 1.07 bits per heavy atom. The van der Waals surface area contributed by atoms with Gasteiger partial charge in [-0.3, -0.25) is 9.59 Å². The maximum Gasteiger partial charge on any atom is 0.223 e. The number of rotatable bonds is 7. The van der Waals surface area contributed by atoms with Gasteiger partial charge in [-0.2, -0.15) is 0 Å². The highest BCUT2D eigenvalue weighted by Crippen LogP contribution is 2.24. The topological polar surface area (TPSA) is 52.7 Å². The first-order valence-corrected chi connectivity index (χ1v) is 9.68. The minimum atomic E-state index is -0.341. The Balaban J connectivity index is 1.55. The Kier molecular flexibility index (Phi) is 6.63. The fraction of sp³-hybridized carbons (Fsp3) is 0.364. The summed E-state index contributed by atoms with van der Waals surface area (Å²) in [7, 11) is 0. The van der Waals surface area contributed by atoms with Gasteiger partial charge in [0.1, 0.15) is 5.82 Å². The van der Waals surface area contributed by atoms with Crippen molar-refractivity contribution in [2.24, 2.45) is 0 Å². The molecule has 148 valence electrons. The molecule has 5 nitrogen and oxygen atoms in total. The van der Waals surface area contributed by atoms with Gasteiger partial charge in [-0.25, -0.2) is 4.39 Å². The van der Waals surface area contributed by atoms with Gasteiger partial charge in [0.15, 0.2) is 0 Å². The second-order valence-corrected chi connectivity index (χ2v) is 7.00. The predicted octanol–water partition coefficient (Wildman–Crippen LogP) is 3.49. The minimum Gasteiger partial charge on any atom is -0.372 e. The average molecular weight is 383 g/mol. The SMILES string of the molecule is CC(=O)N(CCC(=O)NCc1ccccc1F)c1ccc(N2CCCC2)cc1. The zero-order chi connectivity index (χ0) is 19.9. The maximum absolute atomic E-state index is 13.6. The molecule has 1 aliphatic rings. The van der Waals surface area contributed by atoms with Gasteiger partial charge in [0.05, 0.1) is 0 Å². The number of amides is 2. The van der Waals surface area contributed by atoms with Gasteiger partial charge >= 0.3 is 0 Å². The molecule has 2 amide bonds. The fourth-order valence-electron chi connectivity index (χ4n) is 3.42. The minimum absolute atomic E-state index is 0.115. The molecule has 1 N–H and O–H groups in total. The molecule has 0 radical (unpaired) electrons. The van der Waals surface area contributed by atoms with E-state index in [1.165, 1.54) is 25.8 Å². The molecular formula is C22H26FN3O2. The largest absolute Gasteiger partial charge is 0.372 e. The summed E-state index contributed by atoms with van der Waals surface area (Å²) in [5, 5.41) is 2.71. The molecule has 3 rings (SSSR count). The number of carbonyl (C=O) groups excluding carboxylic acids is 2. The van der Waals surface area contributed by atoms with E-state index in [4.69, 9.17) is 0 Å². The van der Waals surface area contributed by atoms with E-state index in [2.05, 4.69) is 10.2 Å². The van der Waals surface area contributed by atoms with Crippen molar-refractivity contribution in [3.8, 4) is 0 Å². The Morgan fingerprint density at radius 3 is 2.39 bits per heavy atom. The van der Waals surface area contributed by atoms with E-state index in [0.717, 1.165) is 24.5 Å². The highest BCUT2D eigenvalue weighted by Gasteiger charge is 2.16. The summed E-state index contributed by atoms with van der Waals surface area (Å²) in [6.45, 7) is 4.04. The lowest BCUT2D eigenvalue weighted by Crippen LogP contribution is -2.33. The summed E-state index contributed by atoms with van der Waals surface area (Å²) in [6.07, 6.45) is 2.58. The number of hydrogen-bond acceptors (Lipinski definition) is 3. The molecule has 1 heterocycles. The summed E-state index contributed by atoms with van der Waals surface area (Å²) in [6, 6.07) is 14.2. The van der Waals surface area contributed by atoms with Gasteiger partial charge in [-0.15, -0.1) is 0 Å². The van der Waals surface area contributed by atoms with Crippen molar-refractivity contribution in [1.82, 2.24) is 5.32 Å². The summed E-state index contributed by atoms with van der Waals surface area (Å²) in [5.41, 5.74) is 2.38. The van der Waals surface area contributed by atoms with Crippen molar-refractivity contribution in [1.29, 1.82) is 0 Å². The molecule has 2 aromatic rings. The molecular weight excluding hydrogens is 357 g/mol. The second-order valence-electron chi connectivity index (χ2n) is 7.00. The van der Waals surface area contributed by atoms with Gasteiger partial charge in [-0.1, -0.05) is 18.2 Å². The summed E-state index contributed by atoms with van der Waals surface area (Å²) in [5.74, 6) is -0.676. The fourth-order valence-corrected chi connectivity index (χ4v) is 3.42. The zero-order valence-corrected chi connectivity index (χ0v) is 16.2. The van der Waals surface area contributed by atoms with Gasteiger partial charge in [-0.05, 0) is 43.2 Å². The van der Waals surface area contributed by atoms with Gasteiger partial charge in [0.25, 0.3) is 0 Å². The van der Waals surface area contributed by atoms with Crippen LogP contribution in [0.15, 0.2) is 48.5 Å². The Hall–Kier alpha value is -2.89. The van der Waals surface area contributed by atoms with Crippen molar-refractivity contribution >= 4 is 23.2 Å². The summed E-state index contributed by atoms with van der Waals surface area (Å²) < 4.78 is 13.6. The molecule has 1 aliphatic heterocycles. The molecule has 0 aromatic heterocycles. The third-order valence-corrected chi connectivity index (χ3v) is 5.01. The number of halogens is 1. The van der Waals surface area contributed by atoms with Crippen molar-refractivity contribution in [3.63, 3.8) is 0 Å². The molecule has 6 heteroatoms. The normalized spacial score (nSPS) is 13.4. The first-order valence-electron chi connectivity index (χ1n) is 9.68. The van der Waals surface area contributed by atoms with Crippen LogP contribution < -0.4 is 15.1 Å². The van der Waals surface area contributed by atoms with Crippen LogP contribution in [0.25, 0.3) is 0 Å². The van der Waals surface area contributed by atoms with Crippen molar-refractivity contribution in [2.75, 3.05) is 29.4 Å². The van der Waals surface area contributed by atoms with E-state index in [9.17, 15) is 14.0 Å². The number of nitrogens with one attached hydrogen (secondary N) is 1. The Morgan fingerprint density at radius 2 is 1.75 bits per heavy atom. The van der Waals surface area contributed by atoms with E-state index in [0.29, 0.717) is 5.56 Å². The monoisotopic (exact) mass is 383 g/mol. The first-order chi connectivity index (χ1) is 13.5. The molecule has 0 saturated carbocycles. The number of anilines is 2. The van der Waals surface area contributed by atoms with Crippen molar-refractivity contribution in [2.45, 2.75) is 32.7 Å². The quantitative estimate of drug-likeness (QED) is 0.796. The van der Waals surface area contributed by atoms with E-state index >= 15 is 0 Å². The standard InChI is InChI=1S/C22H26FN3O2/c1-17(27)26(20-10-8-19(9-11-20)25-13-4-5-14-25)15-12-22(28)24-16-18-6-2-3-7-21(18)23/h2-3,6-11H,4-5,12-16H2,1H3,(H,24,28). The van der Waals surface area contributed by atoms with Crippen LogP contribution in [0.4, 0.5) is 15.8 Å². The zero-order valence-electron chi connectivity index (χ0n) is 16.2. The summed E-state index contributed by atoms with van der Waals surface area (Å²) >= 11 is 0. The van der Waals surface area contributed by atoms with E-state index in [-0.39, 0.29) is 37.1 Å². The molecule has 0 atom stereocenters. The molecule has 0 bridgehead atoms. The number of carbonyl (C=O) groups is 2. The average Bonchev–Trinajstić information content (AvgIpc) is 3.22. The van der Waals surface area contributed by atoms with Crippen LogP contribution in [0.1, 0.15) is 31.7 Å². The number of hydrogen-bond donors (Lipinski definition) is 1. The van der Waals surface area contributed by atoms with Crippen LogP contribution in [0.3, 0.4) is 0 Å². The third kappa shape index (κ3) is 5.09. The Bertz CT molecular complexity index is 817. The van der Waals surface area contributed by atoms with Crippen LogP contribution in [0, 0.1) is 5.82 Å². The van der Waals surface area contributed by atoms with Crippen molar-refractivity contribution < 1.29 is 14.0 Å². The van der Waals surface area contributed by atoms with E-state index in [1.807, 2.05) is 24.3 Å². The smallest absolute Gasteiger partial charge is 0.223 e. The van der Waals surface area contributed by atoms with Gasteiger partial charge in [0, 0.05) is 56.5 Å². The number of nitrogens with zero attached hydrogens (tertiary/aromatic N) is 2. The molecule has 0 aliphatic carbocycles. The molecule has 1 fully saturated rings. The van der Waals surface area contributed by atoms with Gasteiger partial charge in [0.2, 0.25) is 11.8 Å². The van der Waals surface area contributed by atoms with Crippen LogP contribution in [0.2, 0.25) is 0 Å². The van der Waals surface area contributed by atoms with Crippen LogP contribution in [-0.4, -0.2) is 31.4 Å². The highest BCUT2D eigenvalue weighted by molar-refractivity contribution is 5.92. The molecule has 28 heavy (non-hydrogen) atoms. The van der Waals surface area contributed by atoms with E-state index < -0.39 is 0 Å². The first kappa shape index (κ1) is 19.9. The lowest BCUT2D eigenvalue weighted by Gasteiger charge is -2.23. The molecule has 1 saturated heterocycles.